The van der Waals surface area contributed by atoms with Crippen molar-refractivity contribution in [3.8, 4) is 0 Å². The first-order valence-electron chi connectivity index (χ1n) is 33.2. The van der Waals surface area contributed by atoms with Crippen molar-refractivity contribution in [2.24, 2.45) is 0 Å². The first-order chi connectivity index (χ1) is 39.5. The van der Waals surface area contributed by atoms with Crippen LogP contribution in [0.25, 0.3) is 0 Å². The Bertz CT molecular complexity index is 1700. The number of carbonyl (C=O) groups is 3. The second-order valence-electron chi connectivity index (χ2n) is 21.6. The molecule has 0 saturated heterocycles. The summed E-state index contributed by atoms with van der Waals surface area (Å²) in [5.41, 5.74) is 0. The van der Waals surface area contributed by atoms with E-state index in [0.717, 1.165) is 141 Å². The molecule has 0 rings (SSSR count). The highest BCUT2D eigenvalue weighted by atomic mass is 16.6. The molecule has 454 valence electrons. The van der Waals surface area contributed by atoms with Crippen LogP contribution in [0.1, 0.15) is 297 Å². The Hall–Kier alpha value is -4.45. The third-order valence-corrected chi connectivity index (χ3v) is 13.9. The molecule has 0 amide bonds. The maximum absolute atomic E-state index is 12.9. The molecular formula is C74H122O6. The van der Waals surface area contributed by atoms with Crippen LogP contribution in [0.4, 0.5) is 0 Å². The molecule has 0 fully saturated rings. The highest BCUT2D eigenvalue weighted by molar-refractivity contribution is 5.71. The maximum atomic E-state index is 12.9. The Kier molecular flexibility index (Phi) is 63.3. The number of carbonyl (C=O) groups excluding carboxylic acids is 3. The summed E-state index contributed by atoms with van der Waals surface area (Å²) in [5, 5.41) is 0. The van der Waals surface area contributed by atoms with Crippen molar-refractivity contribution >= 4 is 17.9 Å². The minimum atomic E-state index is -0.799. The molecule has 0 aliphatic carbocycles. The molecule has 0 aromatic carbocycles. The summed E-state index contributed by atoms with van der Waals surface area (Å²) in [7, 11) is 0. The number of hydrogen-bond acceptors (Lipinski definition) is 6. The minimum Gasteiger partial charge on any atom is -0.462 e. The zero-order valence-electron chi connectivity index (χ0n) is 52.0. The van der Waals surface area contributed by atoms with E-state index in [-0.39, 0.29) is 31.1 Å². The van der Waals surface area contributed by atoms with E-state index < -0.39 is 6.10 Å². The first-order valence-corrected chi connectivity index (χ1v) is 33.2. The largest absolute Gasteiger partial charge is 0.462 e. The molecule has 1 unspecified atom stereocenters. The fourth-order valence-corrected chi connectivity index (χ4v) is 8.96. The van der Waals surface area contributed by atoms with E-state index in [9.17, 15) is 14.4 Å². The summed E-state index contributed by atoms with van der Waals surface area (Å²) in [6.07, 6.45) is 94.5. The number of ether oxygens (including phenoxy) is 3. The van der Waals surface area contributed by atoms with Crippen LogP contribution in [-0.2, 0) is 28.6 Å². The van der Waals surface area contributed by atoms with Gasteiger partial charge in [-0.25, -0.2) is 0 Å². The summed E-state index contributed by atoms with van der Waals surface area (Å²) in [5.74, 6) is -0.918. The quantitative estimate of drug-likeness (QED) is 0.0261. The van der Waals surface area contributed by atoms with Gasteiger partial charge in [0, 0.05) is 19.3 Å². The Morgan fingerprint density at radius 1 is 0.263 bits per heavy atom. The van der Waals surface area contributed by atoms with Crippen LogP contribution >= 0.6 is 0 Å². The van der Waals surface area contributed by atoms with E-state index >= 15 is 0 Å². The summed E-state index contributed by atoms with van der Waals surface area (Å²) >= 11 is 0. The molecule has 0 spiro atoms. The van der Waals surface area contributed by atoms with Crippen molar-refractivity contribution in [2.45, 2.75) is 303 Å². The van der Waals surface area contributed by atoms with Crippen LogP contribution in [0, 0.1) is 0 Å². The zero-order valence-corrected chi connectivity index (χ0v) is 52.0. The van der Waals surface area contributed by atoms with Crippen molar-refractivity contribution in [3.63, 3.8) is 0 Å². The summed E-state index contributed by atoms with van der Waals surface area (Å²) < 4.78 is 16.9. The molecule has 0 aromatic heterocycles. The lowest BCUT2D eigenvalue weighted by Gasteiger charge is -2.18. The molecule has 1 atom stereocenters. The van der Waals surface area contributed by atoms with Gasteiger partial charge in [0.25, 0.3) is 0 Å². The predicted octanol–water partition coefficient (Wildman–Crippen LogP) is 22.9. The molecule has 0 bridgehead atoms. The number of hydrogen-bond donors (Lipinski definition) is 0. The average Bonchev–Trinajstić information content (AvgIpc) is 3.46. The maximum Gasteiger partial charge on any atom is 0.306 e. The Morgan fingerprint density at radius 2 is 0.487 bits per heavy atom. The second-order valence-corrected chi connectivity index (χ2v) is 21.6. The normalized spacial score (nSPS) is 13.0. The summed E-state index contributed by atoms with van der Waals surface area (Å²) in [6, 6.07) is 0. The predicted molar refractivity (Wildman–Crippen MR) is 348 cm³/mol. The molecule has 0 radical (unpaired) electrons. The number of unbranched alkanes of at least 4 members (excludes halogenated alkanes) is 26. The molecule has 80 heavy (non-hydrogen) atoms. The van der Waals surface area contributed by atoms with Gasteiger partial charge in [0.1, 0.15) is 13.2 Å². The molecule has 0 saturated carbocycles. The monoisotopic (exact) mass is 1110 g/mol. The number of rotatable bonds is 59. The van der Waals surface area contributed by atoms with Gasteiger partial charge in [-0.1, -0.05) is 276 Å². The van der Waals surface area contributed by atoms with E-state index in [2.05, 4.69) is 154 Å². The van der Waals surface area contributed by atoms with Crippen LogP contribution in [0.5, 0.6) is 0 Å². The molecule has 0 aliphatic heterocycles. The molecule has 0 heterocycles. The fourth-order valence-electron chi connectivity index (χ4n) is 8.96. The highest BCUT2D eigenvalue weighted by Gasteiger charge is 2.19. The SMILES string of the molecule is CC/C=C\C/C=C\C/C=C\C/C=C\C/C=C\CCCCCCCCCC(=O)OCC(COC(=O)CCCCCCC/C=C\CCCCCCCCC)OC(=O)CCCCCCCCC/C=C\C/C=C\C/C=C\C/C=C\C/C=C\CC. The van der Waals surface area contributed by atoms with Gasteiger partial charge in [-0.2, -0.15) is 0 Å². The van der Waals surface area contributed by atoms with E-state index in [4.69, 9.17) is 14.2 Å². The average molecular weight is 1110 g/mol. The first kappa shape index (κ1) is 75.5. The lowest BCUT2D eigenvalue weighted by atomic mass is 10.1. The molecule has 6 nitrogen and oxygen atoms in total. The Balaban J connectivity index is 4.45. The third kappa shape index (κ3) is 64.4. The standard InChI is InChI=1S/C74H122O6/c1-4-7-10-13-16-19-22-25-28-31-33-35-37-39-41-43-46-49-52-55-58-61-64-67-73(76)79-70-71(69-78-72(75)66-63-60-57-54-51-48-45-30-27-24-21-18-15-12-9-6-3)80-74(77)68-65-62-59-56-53-50-47-44-42-40-38-36-34-32-29-26-23-20-17-14-11-8-5-2/h7-8,10-11,16-17,19-20,25-26,28-30,33-36,39-42,45,71H,4-6,9,12-15,18,21-24,27,31-32,37-38,43-44,46-70H2,1-3H3/b10-7-,11-8-,19-16-,20-17-,28-25-,29-26-,35-33-,36-34-,41-39-,42-40-,45-30-. The van der Waals surface area contributed by atoms with Gasteiger partial charge in [0.2, 0.25) is 0 Å². The van der Waals surface area contributed by atoms with Crippen molar-refractivity contribution in [3.05, 3.63) is 134 Å². The number of esters is 3. The van der Waals surface area contributed by atoms with E-state index in [1.807, 2.05) is 0 Å². The molecular weight excluding hydrogens is 985 g/mol. The fraction of sp³-hybridized carbons (Fsp3) is 0.662. The molecule has 6 heteroatoms. The summed E-state index contributed by atoms with van der Waals surface area (Å²) in [6.45, 7) is 6.40. The van der Waals surface area contributed by atoms with Crippen molar-refractivity contribution in [2.75, 3.05) is 13.2 Å². The van der Waals surface area contributed by atoms with Crippen LogP contribution in [0.15, 0.2) is 134 Å². The van der Waals surface area contributed by atoms with Crippen LogP contribution in [0.2, 0.25) is 0 Å². The van der Waals surface area contributed by atoms with Gasteiger partial charge in [0.15, 0.2) is 6.10 Å². The van der Waals surface area contributed by atoms with Crippen LogP contribution in [-0.4, -0.2) is 37.2 Å². The van der Waals surface area contributed by atoms with Gasteiger partial charge in [-0.15, -0.1) is 0 Å². The van der Waals surface area contributed by atoms with Crippen molar-refractivity contribution in [1.29, 1.82) is 0 Å². The van der Waals surface area contributed by atoms with Gasteiger partial charge in [0.05, 0.1) is 0 Å². The molecule has 0 N–H and O–H groups in total. The third-order valence-electron chi connectivity index (χ3n) is 13.9. The van der Waals surface area contributed by atoms with Gasteiger partial charge >= 0.3 is 17.9 Å². The van der Waals surface area contributed by atoms with E-state index in [1.54, 1.807) is 0 Å². The van der Waals surface area contributed by atoms with E-state index in [1.165, 1.54) is 116 Å². The highest BCUT2D eigenvalue weighted by Crippen LogP contribution is 2.15. The summed E-state index contributed by atoms with van der Waals surface area (Å²) in [4.78, 5) is 38.4. The smallest absolute Gasteiger partial charge is 0.306 e. The van der Waals surface area contributed by atoms with Gasteiger partial charge < -0.3 is 14.2 Å². The van der Waals surface area contributed by atoms with E-state index in [0.29, 0.717) is 19.3 Å². The van der Waals surface area contributed by atoms with Crippen molar-refractivity contribution in [1.82, 2.24) is 0 Å². The van der Waals surface area contributed by atoms with Crippen molar-refractivity contribution < 1.29 is 28.6 Å². The zero-order chi connectivity index (χ0) is 57.8. The Morgan fingerprint density at radius 3 is 0.775 bits per heavy atom. The van der Waals surface area contributed by atoms with Gasteiger partial charge in [-0.3, -0.25) is 14.4 Å². The molecule has 0 aromatic rings. The Labute approximate surface area is 494 Å². The lowest BCUT2D eigenvalue weighted by molar-refractivity contribution is -0.167. The lowest BCUT2D eigenvalue weighted by Crippen LogP contribution is -2.30. The molecule has 0 aliphatic rings. The number of allylic oxidation sites excluding steroid dienone is 22. The topological polar surface area (TPSA) is 78.9 Å². The minimum absolute atomic E-state index is 0.0935. The van der Waals surface area contributed by atoms with Crippen LogP contribution in [0.3, 0.4) is 0 Å². The second kappa shape index (κ2) is 67.1. The van der Waals surface area contributed by atoms with Crippen LogP contribution < -0.4 is 0 Å². The van der Waals surface area contributed by atoms with Gasteiger partial charge in [-0.05, 0) is 135 Å².